The van der Waals surface area contributed by atoms with Gasteiger partial charge in [-0.2, -0.15) is 5.10 Å². The number of carbonyl (C=O) groups excluding carboxylic acids is 1. The number of benzene rings is 2. The number of hydrogen-bond donors (Lipinski definition) is 2. The lowest BCUT2D eigenvalue weighted by molar-refractivity contribution is -0.123. The zero-order chi connectivity index (χ0) is 20.2. The molecule has 0 aliphatic heterocycles. The predicted octanol–water partition coefficient (Wildman–Crippen LogP) is 3.59. The maximum Gasteiger partial charge on any atom is 0.258 e. The summed E-state index contributed by atoms with van der Waals surface area (Å²) in [7, 11) is 0. The van der Waals surface area contributed by atoms with Crippen molar-refractivity contribution >= 4 is 16.8 Å². The van der Waals surface area contributed by atoms with E-state index in [0.29, 0.717) is 11.6 Å². The largest absolute Gasteiger partial charge is 0.484 e. The van der Waals surface area contributed by atoms with Gasteiger partial charge in [-0.1, -0.05) is 18.2 Å². The Morgan fingerprint density at radius 3 is 2.79 bits per heavy atom. The van der Waals surface area contributed by atoms with Crippen LogP contribution in [0.25, 0.3) is 33.4 Å². The maximum atomic E-state index is 11.8. The maximum absolute atomic E-state index is 11.8. The quantitative estimate of drug-likeness (QED) is 0.527. The second-order valence-corrected chi connectivity index (χ2v) is 6.99. The van der Waals surface area contributed by atoms with Crippen LogP contribution in [0.3, 0.4) is 0 Å². The van der Waals surface area contributed by atoms with E-state index in [4.69, 9.17) is 4.74 Å². The van der Waals surface area contributed by atoms with Crippen molar-refractivity contribution in [2.24, 2.45) is 0 Å². The second-order valence-electron chi connectivity index (χ2n) is 6.99. The molecule has 146 valence electrons. The van der Waals surface area contributed by atoms with Crippen LogP contribution in [-0.2, 0) is 4.79 Å². The number of rotatable bonds is 6. The Morgan fingerprint density at radius 1 is 1.10 bits per heavy atom. The van der Waals surface area contributed by atoms with Gasteiger partial charge in [0, 0.05) is 34.9 Å². The monoisotopic (exact) mass is 387 g/mol. The molecular weight excluding hydrogens is 366 g/mol. The summed E-state index contributed by atoms with van der Waals surface area (Å²) in [5.41, 5.74) is 3.75. The molecule has 2 N–H and O–H groups in total. The normalized spacial score (nSPS) is 11.0. The molecule has 0 radical (unpaired) electrons. The highest BCUT2D eigenvalue weighted by molar-refractivity contribution is 5.85. The van der Waals surface area contributed by atoms with Gasteiger partial charge in [0.05, 0.1) is 11.7 Å². The molecule has 0 unspecified atom stereocenters. The summed E-state index contributed by atoms with van der Waals surface area (Å²) in [5.74, 6) is 1.05. The van der Waals surface area contributed by atoms with Crippen molar-refractivity contribution in [1.82, 2.24) is 25.5 Å². The van der Waals surface area contributed by atoms with Gasteiger partial charge >= 0.3 is 0 Å². The summed E-state index contributed by atoms with van der Waals surface area (Å²) in [5, 5.41) is 10.6. The number of amides is 1. The third kappa shape index (κ3) is 4.40. The van der Waals surface area contributed by atoms with Crippen molar-refractivity contribution in [2.45, 2.75) is 19.9 Å². The first-order valence-corrected chi connectivity index (χ1v) is 9.37. The number of H-pyrrole nitrogens is 1. The molecule has 0 aliphatic rings. The van der Waals surface area contributed by atoms with Gasteiger partial charge in [0.15, 0.2) is 12.4 Å². The van der Waals surface area contributed by atoms with Gasteiger partial charge in [0.1, 0.15) is 5.75 Å². The number of nitrogens with zero attached hydrogens (tertiary/aromatic N) is 3. The van der Waals surface area contributed by atoms with Crippen LogP contribution in [0.2, 0.25) is 0 Å². The molecule has 2 aromatic carbocycles. The van der Waals surface area contributed by atoms with Crippen molar-refractivity contribution in [3.8, 4) is 28.3 Å². The first kappa shape index (κ1) is 18.6. The number of aromatic nitrogens is 4. The average molecular weight is 387 g/mol. The Bertz CT molecular complexity index is 1140. The Kier molecular flexibility index (Phi) is 5.20. The van der Waals surface area contributed by atoms with Crippen molar-refractivity contribution in [3.63, 3.8) is 0 Å². The number of ether oxygens (including phenoxy) is 1. The molecule has 0 saturated carbocycles. The fourth-order valence-corrected chi connectivity index (χ4v) is 3.00. The van der Waals surface area contributed by atoms with E-state index >= 15 is 0 Å². The Morgan fingerprint density at radius 2 is 2.00 bits per heavy atom. The smallest absolute Gasteiger partial charge is 0.258 e. The minimum Gasteiger partial charge on any atom is -0.484 e. The molecule has 7 nitrogen and oxygen atoms in total. The highest BCUT2D eigenvalue weighted by Crippen LogP contribution is 2.25. The molecule has 4 rings (SSSR count). The molecular formula is C22H21N5O2. The van der Waals surface area contributed by atoms with Crippen LogP contribution in [0.1, 0.15) is 13.8 Å². The fraction of sp³-hybridized carbons (Fsp3) is 0.182. The van der Waals surface area contributed by atoms with E-state index in [1.165, 1.54) is 0 Å². The molecule has 0 aliphatic carbocycles. The molecule has 2 heterocycles. The summed E-state index contributed by atoms with van der Waals surface area (Å²) < 4.78 is 5.60. The van der Waals surface area contributed by atoms with Crippen molar-refractivity contribution in [3.05, 3.63) is 61.1 Å². The second kappa shape index (κ2) is 8.10. The molecule has 1 amide bonds. The van der Waals surface area contributed by atoms with E-state index in [0.717, 1.165) is 27.6 Å². The topological polar surface area (TPSA) is 92.8 Å². The van der Waals surface area contributed by atoms with Crippen LogP contribution in [0.4, 0.5) is 0 Å². The first-order chi connectivity index (χ1) is 14.1. The average Bonchev–Trinajstić information content (AvgIpc) is 3.26. The summed E-state index contributed by atoms with van der Waals surface area (Å²) in [6.07, 6.45) is 5.44. The summed E-state index contributed by atoms with van der Waals surface area (Å²) >= 11 is 0. The van der Waals surface area contributed by atoms with E-state index in [1.807, 2.05) is 68.7 Å². The zero-order valence-electron chi connectivity index (χ0n) is 16.2. The highest BCUT2D eigenvalue weighted by atomic mass is 16.5. The Labute approximate surface area is 168 Å². The van der Waals surface area contributed by atoms with Crippen LogP contribution in [0.5, 0.6) is 5.75 Å². The molecule has 0 atom stereocenters. The summed E-state index contributed by atoms with van der Waals surface area (Å²) in [6.45, 7) is 3.79. The van der Waals surface area contributed by atoms with Gasteiger partial charge in [-0.25, -0.2) is 9.97 Å². The van der Waals surface area contributed by atoms with Gasteiger partial charge in [-0.15, -0.1) is 0 Å². The molecule has 29 heavy (non-hydrogen) atoms. The lowest BCUT2D eigenvalue weighted by atomic mass is 10.1. The summed E-state index contributed by atoms with van der Waals surface area (Å²) in [6, 6.07) is 13.5. The van der Waals surface area contributed by atoms with Gasteiger partial charge in [0.25, 0.3) is 5.91 Å². The molecule has 0 saturated heterocycles. The number of nitrogens with one attached hydrogen (secondary N) is 2. The predicted molar refractivity (Wildman–Crippen MR) is 111 cm³/mol. The van der Waals surface area contributed by atoms with Crippen molar-refractivity contribution in [1.29, 1.82) is 0 Å². The number of hydrogen-bond acceptors (Lipinski definition) is 5. The van der Waals surface area contributed by atoms with Crippen LogP contribution in [0.15, 0.2) is 61.1 Å². The molecule has 4 aromatic rings. The van der Waals surface area contributed by atoms with Crippen LogP contribution < -0.4 is 10.1 Å². The standard InChI is InChI=1S/C22H21N5O2/c1-14(2)26-21(28)13-29-19-5-3-4-16(9-19)22-23-10-17-8-15(6-7-20(17)27-22)18-11-24-25-12-18/h3-12,14H,13H2,1-2H3,(H,24,25)(H,26,28). The highest BCUT2D eigenvalue weighted by Gasteiger charge is 2.08. The number of fused-ring (bicyclic) bond motifs is 1. The summed E-state index contributed by atoms with van der Waals surface area (Å²) in [4.78, 5) is 21.0. The zero-order valence-corrected chi connectivity index (χ0v) is 16.2. The van der Waals surface area contributed by atoms with E-state index in [-0.39, 0.29) is 18.6 Å². The van der Waals surface area contributed by atoms with Crippen LogP contribution >= 0.6 is 0 Å². The van der Waals surface area contributed by atoms with Crippen LogP contribution in [-0.4, -0.2) is 38.7 Å². The Balaban J connectivity index is 1.55. The van der Waals surface area contributed by atoms with E-state index in [9.17, 15) is 4.79 Å². The molecule has 0 bridgehead atoms. The SMILES string of the molecule is CC(C)NC(=O)COc1cccc(-c2ncc3cc(-c4cn[nH]c4)ccc3n2)c1. The van der Waals surface area contributed by atoms with Gasteiger partial charge in [-0.05, 0) is 43.7 Å². The van der Waals surface area contributed by atoms with Crippen LogP contribution in [0, 0.1) is 0 Å². The third-order valence-corrected chi connectivity index (χ3v) is 4.32. The minimum absolute atomic E-state index is 0.0308. The van der Waals surface area contributed by atoms with E-state index in [2.05, 4.69) is 25.5 Å². The molecule has 7 heteroatoms. The van der Waals surface area contributed by atoms with Gasteiger partial charge < -0.3 is 10.1 Å². The van der Waals surface area contributed by atoms with Gasteiger partial charge in [-0.3, -0.25) is 9.89 Å². The van der Waals surface area contributed by atoms with Crippen molar-refractivity contribution in [2.75, 3.05) is 6.61 Å². The first-order valence-electron chi connectivity index (χ1n) is 9.37. The van der Waals surface area contributed by atoms with E-state index < -0.39 is 0 Å². The molecule has 2 aromatic heterocycles. The van der Waals surface area contributed by atoms with E-state index in [1.54, 1.807) is 6.20 Å². The van der Waals surface area contributed by atoms with Gasteiger partial charge in [0.2, 0.25) is 0 Å². The molecule has 0 spiro atoms. The van der Waals surface area contributed by atoms with Crippen molar-refractivity contribution < 1.29 is 9.53 Å². The number of carbonyl (C=O) groups is 1. The number of aromatic amines is 1. The lowest BCUT2D eigenvalue weighted by Crippen LogP contribution is -2.34. The molecule has 0 fully saturated rings. The third-order valence-electron chi connectivity index (χ3n) is 4.32. The fourth-order valence-electron chi connectivity index (χ4n) is 3.00. The minimum atomic E-state index is -0.152. The Hall–Kier alpha value is -3.74. The lowest BCUT2D eigenvalue weighted by Gasteiger charge is -2.10.